The van der Waals surface area contributed by atoms with Gasteiger partial charge in [0.15, 0.2) is 0 Å². The minimum absolute atomic E-state index is 0.109. The lowest BCUT2D eigenvalue weighted by Crippen LogP contribution is -2.23. The van der Waals surface area contributed by atoms with Gasteiger partial charge in [-0.25, -0.2) is 4.39 Å². The molecule has 1 saturated carbocycles. The van der Waals surface area contributed by atoms with Crippen molar-refractivity contribution in [3.63, 3.8) is 0 Å². The van der Waals surface area contributed by atoms with Crippen LogP contribution in [0.25, 0.3) is 0 Å². The molecule has 17 heavy (non-hydrogen) atoms. The molecule has 1 aromatic rings. The third-order valence-electron chi connectivity index (χ3n) is 3.20. The number of halogens is 1. The van der Waals surface area contributed by atoms with Gasteiger partial charge in [-0.15, -0.1) is 0 Å². The molecule has 0 spiro atoms. The van der Waals surface area contributed by atoms with Crippen LogP contribution in [-0.2, 0) is 6.54 Å². The predicted molar refractivity (Wildman–Crippen MR) is 69.8 cm³/mol. The third-order valence-corrected chi connectivity index (χ3v) is 3.20. The highest BCUT2D eigenvalue weighted by molar-refractivity contribution is 5.50. The van der Waals surface area contributed by atoms with Crippen molar-refractivity contribution in [3.05, 3.63) is 29.6 Å². The Hall–Kier alpha value is -1.09. The summed E-state index contributed by atoms with van der Waals surface area (Å²) in [4.78, 5) is 2.05. The zero-order valence-corrected chi connectivity index (χ0v) is 10.8. The second kappa shape index (κ2) is 5.05. The normalized spacial score (nSPS) is 15.4. The Labute approximate surface area is 103 Å². The van der Waals surface area contributed by atoms with Crippen LogP contribution in [0.1, 0.15) is 32.3 Å². The van der Waals surface area contributed by atoms with Crippen molar-refractivity contribution >= 4 is 5.69 Å². The summed E-state index contributed by atoms with van der Waals surface area (Å²) in [5, 5.41) is 3.29. The highest BCUT2D eigenvalue weighted by Gasteiger charge is 2.27. The van der Waals surface area contributed by atoms with E-state index in [0.717, 1.165) is 17.8 Å². The van der Waals surface area contributed by atoms with E-state index in [2.05, 4.69) is 24.1 Å². The zero-order valence-electron chi connectivity index (χ0n) is 10.8. The maximum absolute atomic E-state index is 13.9. The Morgan fingerprint density at radius 2 is 2.12 bits per heavy atom. The molecule has 1 aromatic carbocycles. The summed E-state index contributed by atoms with van der Waals surface area (Å²) in [5.41, 5.74) is 1.73. The van der Waals surface area contributed by atoms with Gasteiger partial charge in [-0.2, -0.15) is 0 Å². The fourth-order valence-electron chi connectivity index (χ4n) is 1.93. The average Bonchev–Trinajstić information content (AvgIpc) is 3.09. The first kappa shape index (κ1) is 12.4. The van der Waals surface area contributed by atoms with Crippen LogP contribution < -0.4 is 10.2 Å². The van der Waals surface area contributed by atoms with Crippen molar-refractivity contribution in [3.8, 4) is 0 Å². The zero-order chi connectivity index (χ0) is 12.4. The second-order valence-electron chi connectivity index (χ2n) is 5.16. The van der Waals surface area contributed by atoms with E-state index in [1.165, 1.54) is 12.8 Å². The number of nitrogens with zero attached hydrogens (tertiary/aromatic N) is 1. The summed E-state index contributed by atoms with van der Waals surface area (Å²) >= 11 is 0. The third kappa shape index (κ3) is 3.19. The first-order valence-electron chi connectivity index (χ1n) is 6.32. The number of hydrogen-bond acceptors (Lipinski definition) is 2. The van der Waals surface area contributed by atoms with Gasteiger partial charge in [0.25, 0.3) is 0 Å². The van der Waals surface area contributed by atoms with Crippen LogP contribution >= 0.6 is 0 Å². The highest BCUT2D eigenvalue weighted by Crippen LogP contribution is 2.31. The monoisotopic (exact) mass is 236 g/mol. The Balaban J connectivity index is 2.05. The van der Waals surface area contributed by atoms with Crippen molar-refractivity contribution in [2.24, 2.45) is 0 Å². The molecule has 1 aliphatic carbocycles. The first-order chi connectivity index (χ1) is 8.08. The van der Waals surface area contributed by atoms with Crippen LogP contribution in [0, 0.1) is 5.82 Å². The molecule has 1 aliphatic rings. The molecule has 0 radical (unpaired) electrons. The Morgan fingerprint density at radius 1 is 1.41 bits per heavy atom. The minimum Gasteiger partial charge on any atom is -0.369 e. The molecule has 0 bridgehead atoms. The van der Waals surface area contributed by atoms with E-state index in [4.69, 9.17) is 0 Å². The van der Waals surface area contributed by atoms with Crippen molar-refractivity contribution in [1.29, 1.82) is 0 Å². The van der Waals surface area contributed by atoms with Gasteiger partial charge in [0.1, 0.15) is 5.82 Å². The lowest BCUT2D eigenvalue weighted by molar-refractivity contribution is 0.580. The Morgan fingerprint density at radius 3 is 2.65 bits per heavy atom. The van der Waals surface area contributed by atoms with Gasteiger partial charge in [0.2, 0.25) is 0 Å². The standard InChI is InChI=1S/C14H21FN2/c1-10(2)16-9-11-4-7-14(13(15)8-11)17(3)12-5-6-12/h4,7-8,10,12,16H,5-6,9H2,1-3H3. The smallest absolute Gasteiger partial charge is 0.146 e. The topological polar surface area (TPSA) is 15.3 Å². The molecule has 0 atom stereocenters. The lowest BCUT2D eigenvalue weighted by atomic mass is 10.1. The number of anilines is 1. The van der Waals surface area contributed by atoms with Gasteiger partial charge in [0.05, 0.1) is 5.69 Å². The van der Waals surface area contributed by atoms with Crippen LogP contribution in [0.4, 0.5) is 10.1 Å². The molecule has 0 unspecified atom stereocenters. The highest BCUT2D eigenvalue weighted by atomic mass is 19.1. The maximum atomic E-state index is 13.9. The Kier molecular flexibility index (Phi) is 3.67. The van der Waals surface area contributed by atoms with Crippen molar-refractivity contribution < 1.29 is 4.39 Å². The molecule has 94 valence electrons. The van der Waals surface area contributed by atoms with E-state index in [1.807, 2.05) is 19.2 Å². The molecule has 2 rings (SSSR count). The summed E-state index contributed by atoms with van der Waals surface area (Å²) < 4.78 is 13.9. The van der Waals surface area contributed by atoms with Crippen LogP contribution in [-0.4, -0.2) is 19.1 Å². The average molecular weight is 236 g/mol. The maximum Gasteiger partial charge on any atom is 0.146 e. The molecular weight excluding hydrogens is 215 g/mol. The van der Waals surface area contributed by atoms with E-state index < -0.39 is 0 Å². The molecule has 0 saturated heterocycles. The predicted octanol–water partition coefficient (Wildman–Crippen LogP) is 2.92. The van der Waals surface area contributed by atoms with Crippen molar-refractivity contribution in [2.75, 3.05) is 11.9 Å². The molecule has 0 heterocycles. The summed E-state index contributed by atoms with van der Waals surface area (Å²) in [6, 6.07) is 6.51. The van der Waals surface area contributed by atoms with Crippen LogP contribution in [0.3, 0.4) is 0 Å². The quantitative estimate of drug-likeness (QED) is 0.845. The van der Waals surface area contributed by atoms with Gasteiger partial charge in [-0.3, -0.25) is 0 Å². The number of rotatable bonds is 5. The SMILES string of the molecule is CC(C)NCc1ccc(N(C)C2CC2)c(F)c1. The minimum atomic E-state index is -0.109. The fraction of sp³-hybridized carbons (Fsp3) is 0.571. The molecule has 2 nitrogen and oxygen atoms in total. The van der Waals surface area contributed by atoms with Gasteiger partial charge >= 0.3 is 0 Å². The number of nitrogens with one attached hydrogen (secondary N) is 1. The van der Waals surface area contributed by atoms with Gasteiger partial charge < -0.3 is 10.2 Å². The second-order valence-corrected chi connectivity index (χ2v) is 5.16. The summed E-state index contributed by atoms with van der Waals surface area (Å²) in [6.07, 6.45) is 2.37. The molecule has 3 heteroatoms. The van der Waals surface area contributed by atoms with Crippen LogP contribution in [0.2, 0.25) is 0 Å². The fourth-order valence-corrected chi connectivity index (χ4v) is 1.93. The molecule has 0 aliphatic heterocycles. The van der Waals surface area contributed by atoms with Crippen molar-refractivity contribution in [1.82, 2.24) is 5.32 Å². The van der Waals surface area contributed by atoms with E-state index in [9.17, 15) is 4.39 Å². The van der Waals surface area contributed by atoms with E-state index in [-0.39, 0.29) is 5.82 Å². The van der Waals surface area contributed by atoms with Crippen LogP contribution in [0.15, 0.2) is 18.2 Å². The Bertz CT molecular complexity index is 386. The van der Waals surface area contributed by atoms with E-state index >= 15 is 0 Å². The van der Waals surface area contributed by atoms with Gasteiger partial charge in [-0.1, -0.05) is 19.9 Å². The molecule has 0 aromatic heterocycles. The molecular formula is C14H21FN2. The first-order valence-corrected chi connectivity index (χ1v) is 6.32. The molecule has 0 amide bonds. The number of hydrogen-bond donors (Lipinski definition) is 1. The van der Waals surface area contributed by atoms with E-state index in [1.54, 1.807) is 6.07 Å². The van der Waals surface area contributed by atoms with E-state index in [0.29, 0.717) is 12.1 Å². The molecule has 1 N–H and O–H groups in total. The molecule has 1 fully saturated rings. The van der Waals surface area contributed by atoms with Gasteiger partial charge in [-0.05, 0) is 30.5 Å². The summed E-state index contributed by atoms with van der Waals surface area (Å²) in [6.45, 7) is 4.90. The van der Waals surface area contributed by atoms with Gasteiger partial charge in [0, 0.05) is 25.7 Å². The number of benzene rings is 1. The summed E-state index contributed by atoms with van der Waals surface area (Å²) in [5.74, 6) is -0.109. The largest absolute Gasteiger partial charge is 0.369 e. The summed E-state index contributed by atoms with van der Waals surface area (Å²) in [7, 11) is 1.97. The lowest BCUT2D eigenvalue weighted by Gasteiger charge is -2.20. The van der Waals surface area contributed by atoms with Crippen LogP contribution in [0.5, 0.6) is 0 Å². The van der Waals surface area contributed by atoms with Crippen molar-refractivity contribution in [2.45, 2.75) is 45.3 Å².